The maximum atomic E-state index is 12.4. The summed E-state index contributed by atoms with van der Waals surface area (Å²) in [7, 11) is 1.60. The molecule has 1 aliphatic rings. The van der Waals surface area contributed by atoms with Crippen LogP contribution in [0.15, 0.2) is 24.3 Å². The Bertz CT molecular complexity index is 431. The minimum absolute atomic E-state index is 0.0705. The van der Waals surface area contributed by atoms with E-state index in [9.17, 15) is 9.90 Å². The molecule has 0 unspecified atom stereocenters. The van der Waals surface area contributed by atoms with Crippen LogP contribution in [0.3, 0.4) is 0 Å². The van der Waals surface area contributed by atoms with Gasteiger partial charge in [0.05, 0.1) is 7.11 Å². The highest BCUT2D eigenvalue weighted by Crippen LogP contribution is 2.30. The van der Waals surface area contributed by atoms with E-state index in [0.717, 1.165) is 31.2 Å². The predicted molar refractivity (Wildman–Crippen MR) is 74.4 cm³/mol. The van der Waals surface area contributed by atoms with Crippen molar-refractivity contribution in [2.75, 3.05) is 7.11 Å². The van der Waals surface area contributed by atoms with Crippen molar-refractivity contribution in [1.82, 2.24) is 0 Å². The Morgan fingerprint density at radius 2 is 1.84 bits per heavy atom. The predicted octanol–water partition coefficient (Wildman–Crippen LogP) is 2.89. The first-order valence-electron chi connectivity index (χ1n) is 7.03. The Hall–Kier alpha value is -1.35. The number of benzene rings is 1. The molecule has 3 nitrogen and oxygen atoms in total. The molecule has 0 bridgehead atoms. The minimum atomic E-state index is -1.13. The van der Waals surface area contributed by atoms with Gasteiger partial charge in [-0.2, -0.15) is 0 Å². The van der Waals surface area contributed by atoms with Gasteiger partial charge in [0.1, 0.15) is 11.4 Å². The van der Waals surface area contributed by atoms with Gasteiger partial charge in [-0.25, -0.2) is 0 Å². The molecule has 104 valence electrons. The van der Waals surface area contributed by atoms with Gasteiger partial charge in [0, 0.05) is 12.0 Å². The summed E-state index contributed by atoms with van der Waals surface area (Å²) in [6.45, 7) is 0. The molecule has 0 amide bonds. The smallest absolute Gasteiger partial charge is 0.168 e. The molecule has 0 atom stereocenters. The zero-order valence-electron chi connectivity index (χ0n) is 11.5. The van der Waals surface area contributed by atoms with Crippen molar-refractivity contribution >= 4 is 5.78 Å². The summed E-state index contributed by atoms with van der Waals surface area (Å²) >= 11 is 0. The van der Waals surface area contributed by atoms with Crippen molar-refractivity contribution in [3.05, 3.63) is 29.8 Å². The number of methoxy groups -OCH3 is 1. The first kappa shape index (κ1) is 14.1. The lowest BCUT2D eigenvalue weighted by Crippen LogP contribution is -2.39. The van der Waals surface area contributed by atoms with E-state index in [-0.39, 0.29) is 12.2 Å². The van der Waals surface area contributed by atoms with Crippen LogP contribution in [-0.4, -0.2) is 23.6 Å². The molecule has 0 aliphatic heterocycles. The van der Waals surface area contributed by atoms with Gasteiger partial charge in [0.25, 0.3) is 0 Å². The molecule has 1 aromatic rings. The number of carbonyl (C=O) groups is 1. The molecular weight excluding hydrogens is 240 g/mol. The van der Waals surface area contributed by atoms with Gasteiger partial charge >= 0.3 is 0 Å². The average molecular weight is 262 g/mol. The van der Waals surface area contributed by atoms with Crippen molar-refractivity contribution in [2.45, 2.75) is 50.5 Å². The van der Waals surface area contributed by atoms with Crippen LogP contribution >= 0.6 is 0 Å². The van der Waals surface area contributed by atoms with Gasteiger partial charge < -0.3 is 9.84 Å². The number of ketones is 1. The van der Waals surface area contributed by atoms with Crippen molar-refractivity contribution < 1.29 is 14.6 Å². The van der Waals surface area contributed by atoms with Gasteiger partial charge in [-0.3, -0.25) is 4.79 Å². The largest absolute Gasteiger partial charge is 0.496 e. The summed E-state index contributed by atoms with van der Waals surface area (Å²) in [5, 5.41) is 10.6. The molecule has 0 saturated heterocycles. The van der Waals surface area contributed by atoms with E-state index in [1.54, 1.807) is 7.11 Å². The topological polar surface area (TPSA) is 46.5 Å². The second kappa shape index (κ2) is 6.20. The Balaban J connectivity index is 2.11. The van der Waals surface area contributed by atoms with Gasteiger partial charge in [-0.05, 0) is 18.9 Å². The molecule has 0 heterocycles. The monoisotopic (exact) mass is 262 g/mol. The fraction of sp³-hybridized carbons (Fsp3) is 0.562. The number of para-hydroxylation sites is 1. The van der Waals surface area contributed by atoms with E-state index >= 15 is 0 Å². The fourth-order valence-electron chi connectivity index (χ4n) is 2.78. The first-order valence-corrected chi connectivity index (χ1v) is 7.03. The highest BCUT2D eigenvalue weighted by Gasteiger charge is 2.35. The molecule has 0 aromatic heterocycles. The molecule has 0 spiro atoms. The van der Waals surface area contributed by atoms with E-state index in [1.165, 1.54) is 0 Å². The number of aliphatic hydroxyl groups is 1. The third-order valence-electron chi connectivity index (χ3n) is 3.99. The quantitative estimate of drug-likeness (QED) is 0.849. The third-order valence-corrected chi connectivity index (χ3v) is 3.99. The Labute approximate surface area is 114 Å². The highest BCUT2D eigenvalue weighted by atomic mass is 16.5. The molecule has 3 heteroatoms. The lowest BCUT2D eigenvalue weighted by molar-refractivity contribution is -0.138. The van der Waals surface area contributed by atoms with Crippen LogP contribution in [-0.2, 0) is 11.2 Å². The van der Waals surface area contributed by atoms with Crippen molar-refractivity contribution in [1.29, 1.82) is 0 Å². The lowest BCUT2D eigenvalue weighted by atomic mass is 9.86. The van der Waals surface area contributed by atoms with E-state index in [4.69, 9.17) is 4.74 Å². The normalized spacial score (nSPS) is 18.6. The molecule has 2 rings (SSSR count). The summed E-state index contributed by atoms with van der Waals surface area (Å²) in [5.41, 5.74) is -0.273. The Kier molecular flexibility index (Phi) is 4.59. The second-order valence-electron chi connectivity index (χ2n) is 5.36. The van der Waals surface area contributed by atoms with Crippen LogP contribution in [0.4, 0.5) is 0 Å². The number of carbonyl (C=O) groups excluding carboxylic acids is 1. The van der Waals surface area contributed by atoms with E-state index < -0.39 is 5.60 Å². The minimum Gasteiger partial charge on any atom is -0.496 e. The van der Waals surface area contributed by atoms with Crippen molar-refractivity contribution in [3.63, 3.8) is 0 Å². The SMILES string of the molecule is COc1ccccc1CC(=O)C1(O)CCCCCC1. The van der Waals surface area contributed by atoms with E-state index in [1.807, 2.05) is 24.3 Å². The number of ether oxygens (including phenoxy) is 1. The van der Waals surface area contributed by atoms with Crippen LogP contribution in [0.25, 0.3) is 0 Å². The standard InChI is InChI=1S/C16H22O3/c1-19-14-9-5-4-8-13(14)12-15(17)16(18)10-6-2-3-7-11-16/h4-5,8-9,18H,2-3,6-7,10-12H2,1H3. The van der Waals surface area contributed by atoms with Crippen LogP contribution in [0.5, 0.6) is 5.75 Å². The van der Waals surface area contributed by atoms with E-state index in [2.05, 4.69) is 0 Å². The van der Waals surface area contributed by atoms with Gasteiger partial charge in [0.15, 0.2) is 5.78 Å². The molecule has 1 saturated carbocycles. The summed E-state index contributed by atoms with van der Waals surface area (Å²) < 4.78 is 5.26. The van der Waals surface area contributed by atoms with Crippen molar-refractivity contribution in [3.8, 4) is 5.75 Å². The molecule has 1 fully saturated rings. The zero-order chi connectivity index (χ0) is 13.7. The molecule has 1 aromatic carbocycles. The van der Waals surface area contributed by atoms with Crippen molar-refractivity contribution in [2.24, 2.45) is 0 Å². The number of hydrogen-bond donors (Lipinski definition) is 1. The van der Waals surface area contributed by atoms with Crippen LogP contribution in [0, 0.1) is 0 Å². The number of rotatable bonds is 4. The summed E-state index contributed by atoms with van der Waals surface area (Å²) in [5.74, 6) is 0.645. The van der Waals surface area contributed by atoms with Crippen LogP contribution in [0.2, 0.25) is 0 Å². The third kappa shape index (κ3) is 3.35. The second-order valence-corrected chi connectivity index (χ2v) is 5.36. The summed E-state index contributed by atoms with van der Waals surface area (Å²) in [4.78, 5) is 12.4. The van der Waals surface area contributed by atoms with Crippen LogP contribution in [0.1, 0.15) is 44.1 Å². The number of hydrogen-bond acceptors (Lipinski definition) is 3. The maximum absolute atomic E-state index is 12.4. The molecule has 19 heavy (non-hydrogen) atoms. The first-order chi connectivity index (χ1) is 9.15. The molecule has 0 radical (unpaired) electrons. The Morgan fingerprint density at radius 1 is 1.21 bits per heavy atom. The average Bonchev–Trinajstić information content (AvgIpc) is 2.65. The maximum Gasteiger partial charge on any atom is 0.168 e. The summed E-state index contributed by atoms with van der Waals surface area (Å²) in [6, 6.07) is 7.51. The highest BCUT2D eigenvalue weighted by molar-refractivity contribution is 5.89. The van der Waals surface area contributed by atoms with Crippen LogP contribution < -0.4 is 4.74 Å². The van der Waals surface area contributed by atoms with E-state index in [0.29, 0.717) is 18.6 Å². The van der Waals surface area contributed by atoms with Gasteiger partial charge in [0.2, 0.25) is 0 Å². The zero-order valence-corrected chi connectivity index (χ0v) is 11.5. The lowest BCUT2D eigenvalue weighted by Gasteiger charge is -2.25. The molecule has 1 aliphatic carbocycles. The summed E-state index contributed by atoms with van der Waals surface area (Å²) in [6.07, 6.45) is 5.55. The van der Waals surface area contributed by atoms with Gasteiger partial charge in [-0.1, -0.05) is 43.9 Å². The van der Waals surface area contributed by atoms with Gasteiger partial charge in [-0.15, -0.1) is 0 Å². The molecule has 1 N–H and O–H groups in total. The Morgan fingerprint density at radius 3 is 2.47 bits per heavy atom. The fourth-order valence-corrected chi connectivity index (χ4v) is 2.78. The molecular formula is C16H22O3. The number of Topliss-reactive ketones (excluding diaryl/α,β-unsaturated/α-hetero) is 1.